The normalized spacial score (nSPS) is 32.1. The molecule has 15 heavy (non-hydrogen) atoms. The summed E-state index contributed by atoms with van der Waals surface area (Å²) in [6.07, 6.45) is 5.73. The van der Waals surface area contributed by atoms with Crippen LogP contribution in [-0.4, -0.2) is 30.3 Å². The molecule has 0 aromatic rings. The monoisotopic (exact) mass is 209 g/mol. The van der Waals surface area contributed by atoms with Gasteiger partial charge in [-0.3, -0.25) is 4.79 Å². The largest absolute Gasteiger partial charge is 0.302 e. The Bertz CT molecular complexity index is 247. The number of likely N-dealkylation sites (tertiary alicyclic amines) is 1. The molecule has 1 aliphatic carbocycles. The van der Waals surface area contributed by atoms with Gasteiger partial charge in [-0.15, -0.1) is 0 Å². The van der Waals surface area contributed by atoms with Crippen molar-refractivity contribution in [3.05, 3.63) is 0 Å². The molecule has 1 aliphatic heterocycles. The minimum absolute atomic E-state index is 0.360. The molecule has 0 radical (unpaired) electrons. The third-order valence-corrected chi connectivity index (χ3v) is 3.89. The van der Waals surface area contributed by atoms with Crippen molar-refractivity contribution in [2.75, 3.05) is 19.6 Å². The number of carbonyl (C=O) groups excluding carboxylic acids is 1. The van der Waals surface area contributed by atoms with E-state index in [9.17, 15) is 4.79 Å². The number of ketones is 1. The van der Waals surface area contributed by atoms with Crippen molar-refractivity contribution in [3.8, 4) is 0 Å². The summed E-state index contributed by atoms with van der Waals surface area (Å²) in [6, 6.07) is 0. The van der Waals surface area contributed by atoms with Gasteiger partial charge < -0.3 is 4.90 Å². The fraction of sp³-hybridized carbons (Fsp3) is 0.923. The van der Waals surface area contributed by atoms with Gasteiger partial charge in [-0.05, 0) is 37.6 Å². The van der Waals surface area contributed by atoms with Gasteiger partial charge in [0.25, 0.3) is 0 Å². The van der Waals surface area contributed by atoms with Gasteiger partial charge in [0, 0.05) is 25.4 Å². The summed E-state index contributed by atoms with van der Waals surface area (Å²) in [6.45, 7) is 8.09. The van der Waals surface area contributed by atoms with Crippen LogP contribution < -0.4 is 0 Å². The van der Waals surface area contributed by atoms with Gasteiger partial charge in [-0.1, -0.05) is 13.8 Å². The average Bonchev–Trinajstić information content (AvgIpc) is 2.50. The van der Waals surface area contributed by atoms with Gasteiger partial charge in [0.2, 0.25) is 0 Å². The van der Waals surface area contributed by atoms with Crippen LogP contribution in [-0.2, 0) is 4.79 Å². The third-order valence-electron chi connectivity index (χ3n) is 3.89. The number of carbonyl (C=O) groups is 1. The zero-order valence-corrected chi connectivity index (χ0v) is 10.1. The second-order valence-electron chi connectivity index (χ2n) is 6.06. The third kappa shape index (κ3) is 2.81. The molecule has 2 rings (SSSR count). The van der Waals surface area contributed by atoms with E-state index in [0.717, 1.165) is 25.8 Å². The first-order valence-electron chi connectivity index (χ1n) is 6.32. The number of hydrogen-bond donors (Lipinski definition) is 0. The number of nitrogens with zero attached hydrogens (tertiary/aromatic N) is 1. The van der Waals surface area contributed by atoms with Crippen LogP contribution in [0.4, 0.5) is 0 Å². The Kier molecular flexibility index (Phi) is 3.15. The molecule has 0 bridgehead atoms. The van der Waals surface area contributed by atoms with Crippen LogP contribution in [0.15, 0.2) is 0 Å². The molecule has 2 nitrogen and oxygen atoms in total. The number of piperidine rings is 1. The molecular formula is C13H23NO. The quantitative estimate of drug-likeness (QED) is 0.696. The van der Waals surface area contributed by atoms with Crippen molar-refractivity contribution < 1.29 is 4.79 Å². The fourth-order valence-electron chi connectivity index (χ4n) is 3.09. The molecule has 1 saturated carbocycles. The van der Waals surface area contributed by atoms with Crippen LogP contribution in [0.25, 0.3) is 0 Å². The highest BCUT2D eigenvalue weighted by molar-refractivity contribution is 5.83. The number of hydrogen-bond acceptors (Lipinski definition) is 2. The zero-order valence-electron chi connectivity index (χ0n) is 10.1. The summed E-state index contributed by atoms with van der Waals surface area (Å²) in [5.41, 5.74) is 0.458. The highest BCUT2D eigenvalue weighted by Gasteiger charge is 2.31. The van der Waals surface area contributed by atoms with E-state index in [2.05, 4.69) is 18.7 Å². The molecule has 1 heterocycles. The summed E-state index contributed by atoms with van der Waals surface area (Å²) in [5.74, 6) is 0.872. The van der Waals surface area contributed by atoms with Crippen LogP contribution >= 0.6 is 0 Å². The first-order valence-corrected chi connectivity index (χ1v) is 6.32. The molecule has 1 saturated heterocycles. The number of rotatable bonds is 2. The predicted octanol–water partition coefficient (Wildman–Crippen LogP) is 2.48. The van der Waals surface area contributed by atoms with Crippen LogP contribution in [0.5, 0.6) is 0 Å². The lowest BCUT2D eigenvalue weighted by Crippen LogP contribution is -2.42. The van der Waals surface area contributed by atoms with E-state index in [1.807, 2.05) is 0 Å². The minimum atomic E-state index is 0.360. The Labute approximate surface area is 93.0 Å². The van der Waals surface area contributed by atoms with Gasteiger partial charge in [-0.25, -0.2) is 0 Å². The van der Waals surface area contributed by atoms with E-state index in [-0.39, 0.29) is 0 Å². The topological polar surface area (TPSA) is 20.3 Å². The molecule has 2 aliphatic rings. The maximum absolute atomic E-state index is 11.6. The molecule has 1 atom stereocenters. The minimum Gasteiger partial charge on any atom is -0.302 e. The van der Waals surface area contributed by atoms with E-state index in [1.165, 1.54) is 25.9 Å². The smallest absolute Gasteiger partial charge is 0.137 e. The summed E-state index contributed by atoms with van der Waals surface area (Å²) < 4.78 is 0. The summed E-state index contributed by atoms with van der Waals surface area (Å²) in [5, 5.41) is 0. The van der Waals surface area contributed by atoms with E-state index in [1.54, 1.807) is 0 Å². The maximum Gasteiger partial charge on any atom is 0.137 e. The molecule has 2 heteroatoms. The van der Waals surface area contributed by atoms with Gasteiger partial charge in [0.1, 0.15) is 5.78 Å². The predicted molar refractivity (Wildman–Crippen MR) is 61.8 cm³/mol. The van der Waals surface area contributed by atoms with Crippen molar-refractivity contribution in [1.82, 2.24) is 4.90 Å². The van der Waals surface area contributed by atoms with E-state index in [4.69, 9.17) is 0 Å². The van der Waals surface area contributed by atoms with Crippen molar-refractivity contribution in [3.63, 3.8) is 0 Å². The van der Waals surface area contributed by atoms with E-state index in [0.29, 0.717) is 17.1 Å². The van der Waals surface area contributed by atoms with Gasteiger partial charge in [0.15, 0.2) is 0 Å². The summed E-state index contributed by atoms with van der Waals surface area (Å²) in [4.78, 5) is 14.1. The van der Waals surface area contributed by atoms with Crippen molar-refractivity contribution in [2.45, 2.75) is 46.0 Å². The Morgan fingerprint density at radius 2 is 2.20 bits per heavy atom. The highest BCUT2D eigenvalue weighted by atomic mass is 16.1. The Morgan fingerprint density at radius 1 is 1.40 bits per heavy atom. The van der Waals surface area contributed by atoms with E-state index < -0.39 is 0 Å². The molecule has 2 fully saturated rings. The zero-order chi connectivity index (χ0) is 10.9. The Balaban J connectivity index is 1.86. The van der Waals surface area contributed by atoms with E-state index >= 15 is 0 Å². The molecular weight excluding hydrogens is 186 g/mol. The first-order chi connectivity index (χ1) is 7.07. The van der Waals surface area contributed by atoms with Crippen LogP contribution in [0, 0.1) is 11.3 Å². The van der Waals surface area contributed by atoms with Crippen molar-refractivity contribution in [1.29, 1.82) is 0 Å². The maximum atomic E-state index is 11.6. The van der Waals surface area contributed by atoms with Crippen LogP contribution in [0.1, 0.15) is 46.0 Å². The van der Waals surface area contributed by atoms with Gasteiger partial charge >= 0.3 is 0 Å². The van der Waals surface area contributed by atoms with Gasteiger partial charge in [-0.2, -0.15) is 0 Å². The van der Waals surface area contributed by atoms with Crippen molar-refractivity contribution in [2.24, 2.45) is 11.3 Å². The second kappa shape index (κ2) is 4.25. The lowest BCUT2D eigenvalue weighted by atomic mass is 9.84. The molecule has 0 spiro atoms. The molecule has 86 valence electrons. The molecule has 0 amide bonds. The Morgan fingerprint density at radius 3 is 2.80 bits per heavy atom. The Hall–Kier alpha value is -0.370. The lowest BCUT2D eigenvalue weighted by Gasteiger charge is -2.38. The first kappa shape index (κ1) is 11.1. The van der Waals surface area contributed by atoms with Crippen LogP contribution in [0.2, 0.25) is 0 Å². The summed E-state index contributed by atoms with van der Waals surface area (Å²) in [7, 11) is 0. The number of Topliss-reactive ketones (excluding diaryl/α,β-unsaturated/α-hetero) is 1. The molecule has 0 N–H and O–H groups in total. The van der Waals surface area contributed by atoms with Gasteiger partial charge in [0.05, 0.1) is 0 Å². The van der Waals surface area contributed by atoms with Crippen molar-refractivity contribution >= 4 is 5.78 Å². The second-order valence-corrected chi connectivity index (χ2v) is 6.06. The standard InChI is InChI=1S/C13H23NO/c1-13(2)7-4-8-14(10-13)9-11-5-3-6-12(11)15/h11H,3-10H2,1-2H3. The SMILES string of the molecule is CC1(C)CCCN(CC2CCCC2=O)C1. The molecule has 0 aromatic carbocycles. The average molecular weight is 209 g/mol. The molecule has 0 aromatic heterocycles. The summed E-state index contributed by atoms with van der Waals surface area (Å²) >= 11 is 0. The highest BCUT2D eigenvalue weighted by Crippen LogP contribution is 2.30. The fourth-order valence-corrected chi connectivity index (χ4v) is 3.09. The molecule has 1 unspecified atom stereocenters. The lowest BCUT2D eigenvalue weighted by molar-refractivity contribution is -0.121. The van der Waals surface area contributed by atoms with Crippen LogP contribution in [0.3, 0.4) is 0 Å².